The Labute approximate surface area is 110 Å². The van der Waals surface area contributed by atoms with Crippen LogP contribution in [0.3, 0.4) is 0 Å². The Hall–Kier alpha value is -1.23. The van der Waals surface area contributed by atoms with Crippen molar-refractivity contribution in [1.29, 1.82) is 0 Å². The molecule has 4 unspecified atom stereocenters. The fourth-order valence-corrected chi connectivity index (χ4v) is 3.21. The molecule has 5 nitrogen and oxygen atoms in total. The highest BCUT2D eigenvalue weighted by Gasteiger charge is 2.40. The first-order valence-corrected chi connectivity index (χ1v) is 6.47. The van der Waals surface area contributed by atoms with E-state index in [-0.39, 0.29) is 23.8 Å². The number of carbonyl (C=O) groups is 2. The average Bonchev–Trinajstić information content (AvgIpc) is 2.67. The maximum atomic E-state index is 11.2. The molecule has 0 radical (unpaired) electrons. The van der Waals surface area contributed by atoms with E-state index in [0.29, 0.717) is 5.57 Å². The van der Waals surface area contributed by atoms with Gasteiger partial charge in [0, 0.05) is 17.3 Å². The number of fused-ring (bicyclic) bond motifs is 1. The Balaban J connectivity index is 2.12. The minimum atomic E-state index is -1.09. The molecule has 2 rings (SSSR count). The number of carboxylic acids is 2. The Kier molecular flexibility index (Phi) is 3.80. The lowest BCUT2D eigenvalue weighted by atomic mass is 9.77. The summed E-state index contributed by atoms with van der Waals surface area (Å²) < 4.78 is 0. The quantitative estimate of drug-likeness (QED) is 0.675. The maximum Gasteiger partial charge on any atom is 0.311 e. The molecule has 1 fully saturated rings. The third kappa shape index (κ3) is 2.61. The highest BCUT2D eigenvalue weighted by atomic mass is 35.5. The van der Waals surface area contributed by atoms with Crippen molar-refractivity contribution >= 4 is 23.5 Å². The van der Waals surface area contributed by atoms with Crippen molar-refractivity contribution in [3.63, 3.8) is 0 Å². The molecule has 0 amide bonds. The molecule has 6 heteroatoms. The monoisotopic (exact) mass is 273 g/mol. The van der Waals surface area contributed by atoms with Crippen LogP contribution < -0.4 is 5.32 Å². The standard InChI is InChI=1S/C12H16ClNO4/c13-6-1-2-7-9(5-14-10(7)3-6)8(12(17)18)4-11(15)16/h5-8,10,14H,1-4H2,(H,15,16)(H,17,18). The van der Waals surface area contributed by atoms with E-state index in [1.165, 1.54) is 0 Å². The van der Waals surface area contributed by atoms with Crippen molar-refractivity contribution in [2.45, 2.75) is 37.1 Å². The molecule has 18 heavy (non-hydrogen) atoms. The third-order valence-electron chi connectivity index (χ3n) is 3.76. The molecule has 0 saturated heterocycles. The predicted octanol–water partition coefficient (Wildman–Crippen LogP) is 1.43. The second-order valence-corrected chi connectivity index (χ2v) is 5.54. The van der Waals surface area contributed by atoms with Gasteiger partial charge in [-0.25, -0.2) is 0 Å². The molecule has 0 aromatic heterocycles. The zero-order valence-corrected chi connectivity index (χ0v) is 10.6. The third-order valence-corrected chi connectivity index (χ3v) is 4.15. The maximum absolute atomic E-state index is 11.2. The molecular formula is C12H16ClNO4. The molecule has 1 saturated carbocycles. The highest BCUT2D eigenvalue weighted by molar-refractivity contribution is 6.20. The van der Waals surface area contributed by atoms with E-state index >= 15 is 0 Å². The van der Waals surface area contributed by atoms with Gasteiger partial charge in [0.25, 0.3) is 0 Å². The van der Waals surface area contributed by atoms with Crippen LogP contribution in [0.2, 0.25) is 0 Å². The second-order valence-electron chi connectivity index (χ2n) is 4.92. The van der Waals surface area contributed by atoms with Gasteiger partial charge < -0.3 is 15.5 Å². The van der Waals surface area contributed by atoms with E-state index in [1.54, 1.807) is 6.20 Å². The number of carboxylic acid groups (broad SMARTS) is 2. The first-order valence-electron chi connectivity index (χ1n) is 6.03. The summed E-state index contributed by atoms with van der Waals surface area (Å²) in [5.74, 6) is -2.98. The molecule has 1 aliphatic carbocycles. The Morgan fingerprint density at radius 1 is 1.44 bits per heavy atom. The number of nitrogens with one attached hydrogen (secondary N) is 1. The first kappa shape index (κ1) is 13.2. The molecular weight excluding hydrogens is 258 g/mol. The highest BCUT2D eigenvalue weighted by Crippen LogP contribution is 2.39. The first-order chi connectivity index (χ1) is 8.49. The van der Waals surface area contributed by atoms with Gasteiger partial charge in [-0.2, -0.15) is 0 Å². The molecule has 1 aliphatic heterocycles. The van der Waals surface area contributed by atoms with Gasteiger partial charge in [-0.3, -0.25) is 9.59 Å². The Morgan fingerprint density at radius 2 is 2.17 bits per heavy atom. The summed E-state index contributed by atoms with van der Waals surface area (Å²) in [4.78, 5) is 22.0. The van der Waals surface area contributed by atoms with Gasteiger partial charge in [-0.1, -0.05) is 0 Å². The average molecular weight is 274 g/mol. The van der Waals surface area contributed by atoms with E-state index in [9.17, 15) is 9.59 Å². The van der Waals surface area contributed by atoms with Crippen LogP contribution in [0.1, 0.15) is 25.7 Å². The predicted molar refractivity (Wildman–Crippen MR) is 65.4 cm³/mol. The number of rotatable bonds is 4. The molecule has 0 aromatic carbocycles. The lowest BCUT2D eigenvalue weighted by Crippen LogP contribution is -2.36. The molecule has 0 spiro atoms. The number of aliphatic carboxylic acids is 2. The second kappa shape index (κ2) is 5.18. The normalized spacial score (nSPS) is 32.1. The van der Waals surface area contributed by atoms with Crippen molar-refractivity contribution in [2.24, 2.45) is 11.8 Å². The molecule has 0 bridgehead atoms. The summed E-state index contributed by atoms with van der Waals surface area (Å²) in [6.07, 6.45) is 3.79. The van der Waals surface area contributed by atoms with E-state index in [0.717, 1.165) is 19.3 Å². The van der Waals surface area contributed by atoms with Crippen LogP contribution in [0, 0.1) is 11.8 Å². The number of hydrogen-bond donors (Lipinski definition) is 3. The van der Waals surface area contributed by atoms with Crippen molar-refractivity contribution in [3.05, 3.63) is 11.8 Å². The number of hydrogen-bond acceptors (Lipinski definition) is 3. The lowest BCUT2D eigenvalue weighted by Gasteiger charge is -2.31. The van der Waals surface area contributed by atoms with Crippen LogP contribution in [0.4, 0.5) is 0 Å². The van der Waals surface area contributed by atoms with Crippen LogP contribution in [0.5, 0.6) is 0 Å². The van der Waals surface area contributed by atoms with E-state index < -0.39 is 17.9 Å². The molecule has 100 valence electrons. The summed E-state index contributed by atoms with van der Waals surface area (Å²) >= 11 is 6.08. The van der Waals surface area contributed by atoms with E-state index in [1.807, 2.05) is 0 Å². The summed E-state index contributed by atoms with van der Waals surface area (Å²) in [5.41, 5.74) is 0.707. The van der Waals surface area contributed by atoms with Gasteiger partial charge in [0.05, 0.1) is 12.3 Å². The summed E-state index contributed by atoms with van der Waals surface area (Å²) in [6.45, 7) is 0. The molecule has 4 atom stereocenters. The molecule has 2 aliphatic rings. The molecule has 0 aromatic rings. The summed E-state index contributed by atoms with van der Waals surface area (Å²) in [7, 11) is 0. The zero-order valence-electron chi connectivity index (χ0n) is 9.80. The minimum Gasteiger partial charge on any atom is -0.481 e. The van der Waals surface area contributed by atoms with Crippen molar-refractivity contribution < 1.29 is 19.8 Å². The fraction of sp³-hybridized carbons (Fsp3) is 0.667. The van der Waals surface area contributed by atoms with Crippen LogP contribution in [0.25, 0.3) is 0 Å². The van der Waals surface area contributed by atoms with Gasteiger partial charge in [0.1, 0.15) is 0 Å². The van der Waals surface area contributed by atoms with Crippen LogP contribution in [-0.4, -0.2) is 33.6 Å². The van der Waals surface area contributed by atoms with Crippen molar-refractivity contribution in [2.75, 3.05) is 0 Å². The van der Waals surface area contributed by atoms with Crippen LogP contribution in [-0.2, 0) is 9.59 Å². The summed E-state index contributed by atoms with van der Waals surface area (Å²) in [6, 6.07) is 0.159. The van der Waals surface area contributed by atoms with E-state index in [4.69, 9.17) is 21.8 Å². The van der Waals surface area contributed by atoms with Gasteiger partial charge in [-0.05, 0) is 31.0 Å². The van der Waals surface area contributed by atoms with Crippen LogP contribution >= 0.6 is 11.6 Å². The summed E-state index contributed by atoms with van der Waals surface area (Å²) in [5, 5.41) is 21.2. The number of alkyl halides is 1. The van der Waals surface area contributed by atoms with Gasteiger partial charge in [0.15, 0.2) is 0 Å². The Bertz CT molecular complexity index is 396. The smallest absolute Gasteiger partial charge is 0.311 e. The topological polar surface area (TPSA) is 86.6 Å². The van der Waals surface area contributed by atoms with Gasteiger partial charge in [-0.15, -0.1) is 11.6 Å². The van der Waals surface area contributed by atoms with Gasteiger partial charge in [0.2, 0.25) is 0 Å². The number of halogens is 1. The fourth-order valence-electron chi connectivity index (χ4n) is 2.89. The lowest BCUT2D eigenvalue weighted by molar-refractivity contribution is -0.147. The van der Waals surface area contributed by atoms with Gasteiger partial charge >= 0.3 is 11.9 Å². The Morgan fingerprint density at radius 3 is 2.78 bits per heavy atom. The SMILES string of the molecule is O=C(O)CC(C(=O)O)C1=CNC2CC(Cl)CCC12. The minimum absolute atomic E-state index is 0.112. The van der Waals surface area contributed by atoms with Crippen molar-refractivity contribution in [1.82, 2.24) is 5.32 Å². The largest absolute Gasteiger partial charge is 0.481 e. The van der Waals surface area contributed by atoms with Crippen LogP contribution in [0.15, 0.2) is 11.8 Å². The zero-order chi connectivity index (χ0) is 13.3. The molecule has 1 heterocycles. The molecule has 3 N–H and O–H groups in total. The van der Waals surface area contributed by atoms with E-state index in [2.05, 4.69) is 5.32 Å². The van der Waals surface area contributed by atoms with Crippen molar-refractivity contribution in [3.8, 4) is 0 Å².